The van der Waals surface area contributed by atoms with E-state index in [4.69, 9.17) is 10.8 Å². The molecule has 64 valence electrons. The normalized spacial score (nSPS) is 16.4. The third-order valence-corrected chi connectivity index (χ3v) is 2.61. The molecule has 0 saturated heterocycles. The van der Waals surface area contributed by atoms with E-state index < -0.39 is 9.73 Å². The molecule has 0 aliphatic carbocycles. The summed E-state index contributed by atoms with van der Waals surface area (Å²) in [4.78, 5) is 10.4. The Bertz CT molecular complexity index is 129. The summed E-state index contributed by atoms with van der Waals surface area (Å²) in [5, 5.41) is 8.52. The Morgan fingerprint density at radius 3 is 2.70 bits per heavy atom. The second-order valence-corrected chi connectivity index (χ2v) is 4.76. The fourth-order valence-corrected chi connectivity index (χ4v) is 1.50. The van der Waals surface area contributed by atoms with Gasteiger partial charge in [0.15, 0.2) is 0 Å². The van der Waals surface area contributed by atoms with Crippen LogP contribution in [0.1, 0.15) is 6.42 Å². The van der Waals surface area contributed by atoms with Crippen LogP contribution in [0.2, 0.25) is 0 Å². The van der Waals surface area contributed by atoms with Gasteiger partial charge in [-0.25, -0.2) is 0 Å². The van der Waals surface area contributed by atoms with E-state index >= 15 is 0 Å². The molecule has 0 aromatic rings. The number of aliphatic carboxylic acids is 1. The molecule has 1 atom stereocenters. The number of hydrogen-bond donors (Lipinski definition) is 2. The van der Waals surface area contributed by atoms with Gasteiger partial charge in [0.1, 0.15) is 0 Å². The molecule has 0 amide bonds. The summed E-state index contributed by atoms with van der Waals surface area (Å²) in [6, 6.07) is 0. The van der Waals surface area contributed by atoms with Crippen molar-refractivity contribution in [1.29, 1.82) is 0 Å². The van der Waals surface area contributed by atoms with Gasteiger partial charge in [0.25, 0.3) is 0 Å². The Morgan fingerprint density at radius 2 is 2.40 bits per heavy atom. The van der Waals surface area contributed by atoms with E-state index in [2.05, 4.69) is 0 Å². The standard InChI is InChI=1S/C5H10NO2S.Au/c1-9-3-2-4(6)5(7)8;/h2-3,6H2,1H3,(H,7,8);. The van der Waals surface area contributed by atoms with Gasteiger partial charge < -0.3 is 0 Å². The molecular weight excluding hydrogens is 335 g/mol. The van der Waals surface area contributed by atoms with E-state index in [0.717, 1.165) is 5.75 Å². The van der Waals surface area contributed by atoms with E-state index in [1.807, 2.05) is 27.3 Å². The number of hydrogen-bond acceptors (Lipinski definition) is 3. The van der Waals surface area contributed by atoms with Crippen molar-refractivity contribution in [2.75, 3.05) is 12.0 Å². The van der Waals surface area contributed by atoms with E-state index in [0.29, 0.717) is 6.42 Å². The number of nitrogens with two attached hydrogens (primary N) is 1. The van der Waals surface area contributed by atoms with Crippen LogP contribution >= 0.6 is 11.8 Å². The molecule has 0 heterocycles. The van der Waals surface area contributed by atoms with E-state index in [1.54, 1.807) is 11.8 Å². The fraction of sp³-hybridized carbons (Fsp3) is 0.800. The van der Waals surface area contributed by atoms with Crippen LogP contribution in [0.3, 0.4) is 0 Å². The number of carbonyl (C=O) groups is 1. The summed E-state index contributed by atoms with van der Waals surface area (Å²) in [6.07, 6.45) is 2.41. The Morgan fingerprint density at radius 1 is 1.90 bits per heavy atom. The summed E-state index contributed by atoms with van der Waals surface area (Å²) < 4.78 is -1.11. The summed E-state index contributed by atoms with van der Waals surface area (Å²) in [6.45, 7) is 0. The van der Waals surface area contributed by atoms with Crippen LogP contribution in [0.5, 0.6) is 0 Å². The molecule has 0 bridgehead atoms. The predicted octanol–water partition coefficient (Wildman–Crippen LogP) is 0.0259. The number of rotatable bonds is 4. The zero-order valence-electron chi connectivity index (χ0n) is 5.56. The fourth-order valence-electron chi connectivity index (χ4n) is 0.350. The van der Waals surface area contributed by atoms with Gasteiger partial charge in [0, 0.05) is 0 Å². The third kappa shape index (κ3) is 3.63. The van der Waals surface area contributed by atoms with Crippen LogP contribution in [0.4, 0.5) is 0 Å². The van der Waals surface area contributed by atoms with Crippen molar-refractivity contribution in [3.8, 4) is 0 Å². The molecule has 3 N–H and O–H groups in total. The Hall–Kier alpha value is 0.520. The number of thioether (sulfide) groups is 1. The van der Waals surface area contributed by atoms with Crippen molar-refractivity contribution in [3.63, 3.8) is 0 Å². The van der Waals surface area contributed by atoms with E-state index in [-0.39, 0.29) is 0 Å². The second kappa shape index (κ2) is 4.41. The van der Waals surface area contributed by atoms with Gasteiger partial charge in [0.2, 0.25) is 0 Å². The summed E-state index contributed by atoms with van der Waals surface area (Å²) in [5.41, 5.74) is 5.41. The molecule has 0 spiro atoms. The van der Waals surface area contributed by atoms with Gasteiger partial charge in [-0.1, -0.05) is 0 Å². The molecule has 0 aromatic heterocycles. The van der Waals surface area contributed by atoms with Crippen LogP contribution in [-0.2, 0) is 25.9 Å². The SMILES string of the molecule is CSCC[C@@](N)([Au])C(=O)O. The van der Waals surface area contributed by atoms with Crippen LogP contribution < -0.4 is 5.73 Å². The molecule has 0 aliphatic rings. The molecule has 0 saturated carbocycles. The Labute approximate surface area is 76.7 Å². The third-order valence-electron chi connectivity index (χ3n) is 0.990. The molecular formula is C5H10AuNO2S. The Kier molecular flexibility index (Phi) is 4.64. The van der Waals surface area contributed by atoms with Crippen molar-refractivity contribution in [2.24, 2.45) is 5.73 Å². The van der Waals surface area contributed by atoms with Crippen molar-refractivity contribution in [1.82, 2.24) is 0 Å². The molecule has 0 aromatic carbocycles. The number of carboxylic acid groups (broad SMARTS) is 1. The van der Waals surface area contributed by atoms with Gasteiger partial charge in [0.05, 0.1) is 0 Å². The summed E-state index contributed by atoms with van der Waals surface area (Å²) in [5.74, 6) is -0.177. The maximum absolute atomic E-state index is 10.4. The van der Waals surface area contributed by atoms with Crippen molar-refractivity contribution >= 4 is 17.7 Å². The minimum atomic E-state index is -1.11. The molecule has 0 aliphatic heterocycles. The summed E-state index contributed by atoms with van der Waals surface area (Å²) >= 11 is 3.54. The van der Waals surface area contributed by atoms with Crippen LogP contribution in [0.25, 0.3) is 0 Å². The first-order valence-corrected chi connectivity index (χ1v) is 5.14. The second-order valence-electron chi connectivity index (χ2n) is 1.84. The van der Waals surface area contributed by atoms with E-state index in [9.17, 15) is 4.79 Å². The minimum absolute atomic E-state index is 0.493. The average Bonchev–Trinajstić information content (AvgIpc) is 1.84. The maximum atomic E-state index is 10.4. The molecule has 0 radical (unpaired) electrons. The first-order valence-electron chi connectivity index (χ1n) is 2.67. The topological polar surface area (TPSA) is 63.3 Å². The van der Waals surface area contributed by atoms with Gasteiger partial charge in [-0.2, -0.15) is 0 Å². The zero-order valence-corrected chi connectivity index (χ0v) is 8.54. The quantitative estimate of drug-likeness (QED) is 0.706. The zero-order chi connectivity index (χ0) is 8.20. The van der Waals surface area contributed by atoms with Gasteiger partial charge in [-0.15, -0.1) is 0 Å². The van der Waals surface area contributed by atoms with Crippen molar-refractivity contribution in [2.45, 2.75) is 10.2 Å². The molecule has 0 fully saturated rings. The Balaban J connectivity index is 3.75. The van der Waals surface area contributed by atoms with Crippen LogP contribution in [0, 0.1) is 0 Å². The molecule has 3 nitrogen and oxygen atoms in total. The summed E-state index contributed by atoms with van der Waals surface area (Å²) in [7, 11) is 0. The molecule has 0 rings (SSSR count). The van der Waals surface area contributed by atoms with Gasteiger partial charge >= 0.3 is 76.6 Å². The first kappa shape index (κ1) is 10.5. The van der Waals surface area contributed by atoms with Gasteiger partial charge in [-0.3, -0.25) is 0 Å². The van der Waals surface area contributed by atoms with Crippen molar-refractivity contribution in [3.05, 3.63) is 0 Å². The van der Waals surface area contributed by atoms with Crippen LogP contribution in [0.15, 0.2) is 0 Å². The molecule has 0 unspecified atom stereocenters. The predicted molar refractivity (Wildman–Crippen MR) is 37.6 cm³/mol. The first-order chi connectivity index (χ1) is 4.50. The molecule has 10 heavy (non-hydrogen) atoms. The van der Waals surface area contributed by atoms with E-state index in [1.165, 1.54) is 0 Å². The average molecular weight is 345 g/mol. The van der Waals surface area contributed by atoms with Crippen molar-refractivity contribution < 1.29 is 31.0 Å². The molecule has 5 heteroatoms. The van der Waals surface area contributed by atoms with Crippen LogP contribution in [-0.4, -0.2) is 26.8 Å². The number of carboxylic acids is 1. The van der Waals surface area contributed by atoms with Gasteiger partial charge in [-0.05, 0) is 0 Å². The monoisotopic (exact) mass is 345 g/mol.